The minimum atomic E-state index is -0.571. The van der Waals surface area contributed by atoms with E-state index in [-0.39, 0.29) is 0 Å². The largest absolute Gasteiger partial charge is 0.464 e. The maximum atomic E-state index is 6.64. The fourth-order valence-corrected chi connectivity index (χ4v) is 12.8. The number of furan rings is 2. The second-order valence-electron chi connectivity index (χ2n) is 19.5. The van der Waals surface area contributed by atoms with Crippen molar-refractivity contribution in [3.8, 4) is 33.4 Å². The van der Waals surface area contributed by atoms with Gasteiger partial charge in [0.1, 0.15) is 16.7 Å². The first kappa shape index (κ1) is 41.4. The topological polar surface area (TPSA) is 29.5 Å². The minimum Gasteiger partial charge on any atom is -0.464 e. The average Bonchev–Trinajstić information content (AvgIpc) is 4.23. The van der Waals surface area contributed by atoms with Gasteiger partial charge in [-0.15, -0.1) is 0 Å². The molecule has 11 aromatic carbocycles. The number of nitrogens with zero attached hydrogens (tertiary/aromatic N) is 1. The van der Waals surface area contributed by atoms with E-state index in [2.05, 4.69) is 266 Å². The molecule has 2 heterocycles. The first-order valence-corrected chi connectivity index (χ1v) is 25.1. The summed E-state index contributed by atoms with van der Waals surface area (Å²) in [6.07, 6.45) is 1.75. The molecule has 3 heteroatoms. The highest BCUT2D eigenvalue weighted by atomic mass is 16.3. The first-order valence-electron chi connectivity index (χ1n) is 25.1. The standard InChI is InChI=1S/C70H45NO2/c1-5-17-49(18-6-1)69(50-19-7-2-8-20-50)63-28-16-14-26-57(63)59-43-53(32-35-64(59)69)71(54-33-38-68-61(44-54)60-42-47(30-37-67(60)73-68)46-29-36-66-48(41-46)39-40-72-66)55-31-34-58-56-25-13-15-27-62(56)70(65(58)45-55,51-21-9-3-10-22-51)52-23-11-4-12-24-52/h1-45H. The van der Waals surface area contributed by atoms with Crippen LogP contribution >= 0.6 is 0 Å². The third kappa shape index (κ3) is 6.00. The van der Waals surface area contributed by atoms with E-state index in [0.29, 0.717) is 0 Å². The summed E-state index contributed by atoms with van der Waals surface area (Å²) in [4.78, 5) is 2.47. The number of benzene rings is 11. The Hall–Kier alpha value is -9.44. The van der Waals surface area contributed by atoms with E-state index in [1.807, 2.05) is 6.07 Å². The Bertz CT molecular complexity index is 4190. The molecule has 2 aromatic heterocycles. The van der Waals surface area contributed by atoms with E-state index in [4.69, 9.17) is 8.83 Å². The molecule has 0 bridgehead atoms. The Labute approximate surface area is 423 Å². The van der Waals surface area contributed by atoms with Gasteiger partial charge in [-0.1, -0.05) is 194 Å². The molecule has 15 rings (SSSR count). The molecule has 0 atom stereocenters. The zero-order valence-corrected chi connectivity index (χ0v) is 39.7. The van der Waals surface area contributed by atoms with Crippen LogP contribution in [0.1, 0.15) is 44.5 Å². The molecule has 0 N–H and O–H groups in total. The highest BCUT2D eigenvalue weighted by Gasteiger charge is 2.48. The van der Waals surface area contributed by atoms with Gasteiger partial charge < -0.3 is 13.7 Å². The number of rotatable bonds is 8. The molecule has 73 heavy (non-hydrogen) atoms. The van der Waals surface area contributed by atoms with E-state index < -0.39 is 10.8 Å². The van der Waals surface area contributed by atoms with Crippen molar-refractivity contribution in [2.24, 2.45) is 0 Å². The summed E-state index contributed by atoms with van der Waals surface area (Å²) in [5.41, 5.74) is 21.9. The van der Waals surface area contributed by atoms with Crippen LogP contribution in [0.15, 0.2) is 282 Å². The van der Waals surface area contributed by atoms with Crippen molar-refractivity contribution in [3.63, 3.8) is 0 Å². The number of fused-ring (bicyclic) bond motifs is 10. The molecule has 0 amide bonds. The van der Waals surface area contributed by atoms with Gasteiger partial charge in [0.25, 0.3) is 0 Å². The maximum Gasteiger partial charge on any atom is 0.135 e. The lowest BCUT2D eigenvalue weighted by molar-refractivity contribution is 0.616. The van der Waals surface area contributed by atoms with Crippen molar-refractivity contribution in [2.75, 3.05) is 4.90 Å². The summed E-state index contributed by atoms with van der Waals surface area (Å²) < 4.78 is 12.3. The van der Waals surface area contributed by atoms with E-state index in [1.165, 1.54) is 66.8 Å². The Balaban J connectivity index is 0.988. The fourth-order valence-electron chi connectivity index (χ4n) is 12.8. The molecule has 0 saturated carbocycles. The molecular formula is C70H45NO2. The Morgan fingerprint density at radius 3 is 1.36 bits per heavy atom. The van der Waals surface area contributed by atoms with Gasteiger partial charge in [0.05, 0.1) is 17.1 Å². The van der Waals surface area contributed by atoms with Gasteiger partial charge in [-0.3, -0.25) is 0 Å². The van der Waals surface area contributed by atoms with Crippen LogP contribution in [0.5, 0.6) is 0 Å². The number of hydrogen-bond donors (Lipinski definition) is 0. The van der Waals surface area contributed by atoms with Gasteiger partial charge in [-0.2, -0.15) is 0 Å². The second-order valence-corrected chi connectivity index (χ2v) is 19.5. The monoisotopic (exact) mass is 931 g/mol. The van der Waals surface area contributed by atoms with E-state index in [9.17, 15) is 0 Å². The van der Waals surface area contributed by atoms with Crippen LogP contribution in [-0.2, 0) is 10.8 Å². The van der Waals surface area contributed by atoms with Crippen LogP contribution < -0.4 is 4.90 Å². The van der Waals surface area contributed by atoms with Gasteiger partial charge in [0, 0.05) is 33.2 Å². The lowest BCUT2D eigenvalue weighted by atomic mass is 9.67. The second kappa shape index (κ2) is 16.0. The van der Waals surface area contributed by atoms with Crippen molar-refractivity contribution in [2.45, 2.75) is 10.8 Å². The average molecular weight is 932 g/mol. The predicted molar refractivity (Wildman–Crippen MR) is 298 cm³/mol. The molecule has 0 unspecified atom stereocenters. The summed E-state index contributed by atoms with van der Waals surface area (Å²) >= 11 is 0. The molecule has 0 fully saturated rings. The summed E-state index contributed by atoms with van der Waals surface area (Å²) in [6, 6.07) is 98.2. The predicted octanol–water partition coefficient (Wildman–Crippen LogP) is 18.2. The Morgan fingerprint density at radius 2 is 0.726 bits per heavy atom. The fraction of sp³-hybridized carbons (Fsp3) is 0.0286. The zero-order valence-electron chi connectivity index (χ0n) is 39.7. The quantitative estimate of drug-likeness (QED) is 0.152. The minimum absolute atomic E-state index is 0.517. The van der Waals surface area contributed by atoms with Crippen LogP contribution in [0.4, 0.5) is 17.1 Å². The van der Waals surface area contributed by atoms with E-state index >= 15 is 0 Å². The molecule has 2 aliphatic rings. The lowest BCUT2D eigenvalue weighted by Crippen LogP contribution is -2.28. The van der Waals surface area contributed by atoms with Gasteiger partial charge >= 0.3 is 0 Å². The lowest BCUT2D eigenvalue weighted by Gasteiger charge is -2.35. The highest BCUT2D eigenvalue weighted by Crippen LogP contribution is 2.59. The molecule has 0 radical (unpaired) electrons. The molecule has 0 spiro atoms. The highest BCUT2D eigenvalue weighted by molar-refractivity contribution is 6.08. The summed E-state index contributed by atoms with van der Waals surface area (Å²) in [7, 11) is 0. The SMILES string of the molecule is c1ccc(C2(c3ccccc3)c3ccccc3-c3cc(N(c4ccc5c(c4)C(c4ccccc4)(c4ccccc4)c4ccccc4-5)c4ccc5oc6ccc(-c7ccc8occc8c7)cc6c5c4)ccc32)cc1. The van der Waals surface area contributed by atoms with E-state index in [1.54, 1.807) is 6.26 Å². The Kier molecular flexibility index (Phi) is 9.09. The molecule has 342 valence electrons. The van der Waals surface area contributed by atoms with Crippen LogP contribution in [0, 0.1) is 0 Å². The van der Waals surface area contributed by atoms with Crippen LogP contribution in [0.2, 0.25) is 0 Å². The first-order chi connectivity index (χ1) is 36.2. The molecule has 0 aliphatic heterocycles. The third-order valence-corrected chi connectivity index (χ3v) is 15.9. The van der Waals surface area contributed by atoms with Gasteiger partial charge in [0.15, 0.2) is 0 Å². The van der Waals surface area contributed by atoms with Crippen LogP contribution in [0.25, 0.3) is 66.3 Å². The van der Waals surface area contributed by atoms with Crippen LogP contribution in [0.3, 0.4) is 0 Å². The van der Waals surface area contributed by atoms with Crippen molar-refractivity contribution in [1.82, 2.24) is 0 Å². The third-order valence-electron chi connectivity index (χ3n) is 15.9. The van der Waals surface area contributed by atoms with Gasteiger partial charge in [-0.25, -0.2) is 0 Å². The molecule has 2 aliphatic carbocycles. The summed E-state index contributed by atoms with van der Waals surface area (Å²) in [6.45, 7) is 0. The summed E-state index contributed by atoms with van der Waals surface area (Å²) in [5.74, 6) is 0. The summed E-state index contributed by atoms with van der Waals surface area (Å²) in [5, 5.41) is 3.20. The Morgan fingerprint density at radius 1 is 0.288 bits per heavy atom. The zero-order chi connectivity index (χ0) is 48.1. The van der Waals surface area contributed by atoms with Crippen molar-refractivity contribution in [1.29, 1.82) is 0 Å². The molecular weight excluding hydrogens is 887 g/mol. The molecule has 3 nitrogen and oxygen atoms in total. The van der Waals surface area contributed by atoms with Gasteiger partial charge in [-0.05, 0) is 151 Å². The van der Waals surface area contributed by atoms with Crippen LogP contribution in [-0.4, -0.2) is 0 Å². The normalized spacial score (nSPS) is 13.7. The molecule has 13 aromatic rings. The number of hydrogen-bond acceptors (Lipinski definition) is 3. The van der Waals surface area contributed by atoms with Gasteiger partial charge in [0.2, 0.25) is 0 Å². The molecule has 0 saturated heterocycles. The maximum absolute atomic E-state index is 6.64. The smallest absolute Gasteiger partial charge is 0.135 e. The van der Waals surface area contributed by atoms with E-state index in [0.717, 1.165) is 61.1 Å². The van der Waals surface area contributed by atoms with Crippen molar-refractivity contribution < 1.29 is 8.83 Å². The number of anilines is 3. The van der Waals surface area contributed by atoms with Crippen molar-refractivity contribution >= 4 is 50.0 Å². The van der Waals surface area contributed by atoms with Crippen molar-refractivity contribution in [3.05, 3.63) is 318 Å².